The van der Waals surface area contributed by atoms with Crippen LogP contribution in [0.1, 0.15) is 37.4 Å². The molecule has 0 aromatic heterocycles. The van der Waals surface area contributed by atoms with E-state index in [-0.39, 0.29) is 17.7 Å². The Bertz CT molecular complexity index is 836. The number of hydrogen-bond donors (Lipinski definition) is 1. The molecule has 0 aliphatic heterocycles. The van der Waals surface area contributed by atoms with Crippen LogP contribution in [0.2, 0.25) is 0 Å². The van der Waals surface area contributed by atoms with Crippen molar-refractivity contribution in [3.8, 4) is 11.5 Å². The molecule has 2 rings (SSSR count). The van der Waals surface area contributed by atoms with Crippen molar-refractivity contribution in [2.45, 2.75) is 32.7 Å². The molecule has 6 nitrogen and oxygen atoms in total. The van der Waals surface area contributed by atoms with E-state index in [9.17, 15) is 9.59 Å². The van der Waals surface area contributed by atoms with Crippen molar-refractivity contribution >= 4 is 11.8 Å². The summed E-state index contributed by atoms with van der Waals surface area (Å²) in [5.41, 5.74) is 1.81. The highest BCUT2D eigenvalue weighted by atomic mass is 16.5. The Morgan fingerprint density at radius 3 is 2.27 bits per heavy atom. The fourth-order valence-electron chi connectivity index (χ4n) is 3.19. The van der Waals surface area contributed by atoms with Gasteiger partial charge in [-0.15, -0.1) is 0 Å². The van der Waals surface area contributed by atoms with Gasteiger partial charge >= 0.3 is 0 Å². The van der Waals surface area contributed by atoms with E-state index in [1.807, 2.05) is 62.4 Å². The first-order chi connectivity index (χ1) is 14.3. The van der Waals surface area contributed by atoms with E-state index in [0.29, 0.717) is 30.9 Å². The molecule has 30 heavy (non-hydrogen) atoms. The lowest BCUT2D eigenvalue weighted by Crippen LogP contribution is -2.42. The van der Waals surface area contributed by atoms with Crippen molar-refractivity contribution in [3.05, 3.63) is 59.7 Å². The summed E-state index contributed by atoms with van der Waals surface area (Å²) in [6.45, 7) is 4.47. The first-order valence-electron chi connectivity index (χ1n) is 10.2. The lowest BCUT2D eigenvalue weighted by atomic mass is 10.0. The molecule has 1 unspecified atom stereocenters. The van der Waals surface area contributed by atoms with E-state index in [0.717, 1.165) is 11.1 Å². The number of nitrogens with zero attached hydrogens (tertiary/aromatic N) is 1. The zero-order chi connectivity index (χ0) is 22.1. The van der Waals surface area contributed by atoms with Crippen molar-refractivity contribution in [1.82, 2.24) is 10.2 Å². The average Bonchev–Trinajstić information content (AvgIpc) is 2.75. The molecule has 0 heterocycles. The minimum absolute atomic E-state index is 0.125. The summed E-state index contributed by atoms with van der Waals surface area (Å²) in [5, 5.41) is 2.91. The van der Waals surface area contributed by atoms with Crippen LogP contribution in [0, 0.1) is 5.92 Å². The zero-order valence-electron chi connectivity index (χ0n) is 18.5. The van der Waals surface area contributed by atoms with E-state index in [2.05, 4.69) is 5.32 Å². The highest BCUT2D eigenvalue weighted by molar-refractivity contribution is 5.88. The van der Waals surface area contributed by atoms with Gasteiger partial charge in [-0.2, -0.15) is 0 Å². The molecule has 0 saturated heterocycles. The second-order valence-corrected chi connectivity index (χ2v) is 7.71. The third-order valence-electron chi connectivity index (χ3n) is 4.84. The summed E-state index contributed by atoms with van der Waals surface area (Å²) in [5.74, 6) is 1.29. The maximum Gasteiger partial charge on any atom is 0.249 e. The number of ether oxygens (including phenoxy) is 2. The molecule has 0 spiro atoms. The molecule has 1 atom stereocenters. The summed E-state index contributed by atoms with van der Waals surface area (Å²) >= 11 is 0. The highest BCUT2D eigenvalue weighted by Gasteiger charge is 2.25. The number of methoxy groups -OCH3 is 2. The first kappa shape index (κ1) is 23.3. The number of hydrogen-bond acceptors (Lipinski definition) is 4. The molecule has 0 bridgehead atoms. The fourth-order valence-corrected chi connectivity index (χ4v) is 3.19. The summed E-state index contributed by atoms with van der Waals surface area (Å²) in [6, 6.07) is 14.4. The van der Waals surface area contributed by atoms with Gasteiger partial charge in [-0.3, -0.25) is 9.59 Å². The van der Waals surface area contributed by atoms with Crippen molar-refractivity contribution in [2.75, 3.05) is 27.8 Å². The maximum atomic E-state index is 13.2. The number of carbonyl (C=O) groups is 2. The maximum absolute atomic E-state index is 13.2. The van der Waals surface area contributed by atoms with Crippen LogP contribution in [0.5, 0.6) is 11.5 Å². The lowest BCUT2D eigenvalue weighted by molar-refractivity contribution is -0.135. The van der Waals surface area contributed by atoms with Crippen LogP contribution < -0.4 is 14.8 Å². The molecule has 162 valence electrons. The Labute approximate surface area is 179 Å². The fraction of sp³-hybridized carbons (Fsp3) is 0.417. The Morgan fingerprint density at radius 2 is 1.67 bits per heavy atom. The van der Waals surface area contributed by atoms with E-state index in [1.54, 1.807) is 26.2 Å². The van der Waals surface area contributed by atoms with Crippen LogP contribution in [-0.4, -0.2) is 44.5 Å². The molecule has 0 aliphatic carbocycles. The number of amides is 2. The number of carbonyl (C=O) groups excluding carboxylic acids is 2. The predicted octanol–water partition coefficient (Wildman–Crippen LogP) is 3.61. The second kappa shape index (κ2) is 11.2. The molecule has 2 aromatic carbocycles. The number of rotatable bonds is 10. The van der Waals surface area contributed by atoms with Crippen LogP contribution in [-0.2, 0) is 16.0 Å². The van der Waals surface area contributed by atoms with E-state index in [4.69, 9.17) is 9.47 Å². The quantitative estimate of drug-likeness (QED) is 0.647. The molecule has 0 radical (unpaired) electrons. The van der Waals surface area contributed by atoms with Crippen molar-refractivity contribution in [3.63, 3.8) is 0 Å². The molecule has 6 heteroatoms. The Hall–Kier alpha value is -3.02. The van der Waals surface area contributed by atoms with Gasteiger partial charge in [-0.05, 0) is 35.6 Å². The largest absolute Gasteiger partial charge is 0.493 e. The van der Waals surface area contributed by atoms with Crippen LogP contribution in [0.15, 0.2) is 48.5 Å². The summed E-state index contributed by atoms with van der Waals surface area (Å²) in [4.78, 5) is 27.2. The number of likely N-dealkylation sites (N-methyl/N-ethyl adjacent to an activating group) is 1. The smallest absolute Gasteiger partial charge is 0.249 e. The minimum Gasteiger partial charge on any atom is -0.493 e. The van der Waals surface area contributed by atoms with Gasteiger partial charge in [0.15, 0.2) is 11.5 Å². The molecule has 0 aliphatic rings. The van der Waals surface area contributed by atoms with Crippen LogP contribution in [0.3, 0.4) is 0 Å². The van der Waals surface area contributed by atoms with Crippen molar-refractivity contribution < 1.29 is 19.1 Å². The minimum atomic E-state index is -0.701. The third-order valence-corrected chi connectivity index (χ3v) is 4.84. The van der Waals surface area contributed by atoms with Gasteiger partial charge in [0.25, 0.3) is 0 Å². The van der Waals surface area contributed by atoms with Crippen LogP contribution in [0.25, 0.3) is 0 Å². The Morgan fingerprint density at radius 1 is 1.00 bits per heavy atom. The number of nitrogens with one attached hydrogen (secondary N) is 1. The molecule has 2 aromatic rings. The van der Waals surface area contributed by atoms with Crippen LogP contribution in [0.4, 0.5) is 0 Å². The number of benzene rings is 2. The van der Waals surface area contributed by atoms with Crippen molar-refractivity contribution in [2.24, 2.45) is 5.92 Å². The molecule has 2 amide bonds. The highest BCUT2D eigenvalue weighted by Crippen LogP contribution is 2.27. The van der Waals surface area contributed by atoms with Gasteiger partial charge < -0.3 is 19.7 Å². The summed E-state index contributed by atoms with van der Waals surface area (Å²) < 4.78 is 10.6. The second-order valence-electron chi connectivity index (χ2n) is 7.71. The third kappa shape index (κ3) is 6.51. The Balaban J connectivity index is 2.10. The molecular formula is C24H32N2O4. The Kier molecular flexibility index (Phi) is 8.71. The molecule has 0 saturated carbocycles. The lowest BCUT2D eigenvalue weighted by Gasteiger charge is -2.25. The average molecular weight is 413 g/mol. The molecular weight excluding hydrogens is 380 g/mol. The van der Waals surface area contributed by atoms with E-state index in [1.165, 1.54) is 0 Å². The monoisotopic (exact) mass is 412 g/mol. The van der Waals surface area contributed by atoms with E-state index >= 15 is 0 Å². The van der Waals surface area contributed by atoms with Gasteiger partial charge in [0, 0.05) is 20.0 Å². The first-order valence-corrected chi connectivity index (χ1v) is 10.2. The molecule has 1 N–H and O–H groups in total. The van der Waals surface area contributed by atoms with Gasteiger partial charge in [0.1, 0.15) is 6.04 Å². The van der Waals surface area contributed by atoms with E-state index < -0.39 is 6.04 Å². The molecule has 0 fully saturated rings. The predicted molar refractivity (Wildman–Crippen MR) is 118 cm³/mol. The zero-order valence-corrected chi connectivity index (χ0v) is 18.5. The van der Waals surface area contributed by atoms with Gasteiger partial charge in [0.2, 0.25) is 11.8 Å². The van der Waals surface area contributed by atoms with Crippen molar-refractivity contribution in [1.29, 1.82) is 0 Å². The normalized spacial score (nSPS) is 11.7. The van der Waals surface area contributed by atoms with Gasteiger partial charge in [0.05, 0.1) is 14.2 Å². The topological polar surface area (TPSA) is 67.9 Å². The standard InChI is InChI=1S/C24H32N2O4/c1-17(2)15-22(27)25-23(19-9-7-6-8-10-19)24(28)26(3)14-13-18-11-12-20(29-4)21(16-18)30-5/h6-12,16-17,23H,13-15H2,1-5H3,(H,25,27). The van der Waals surface area contributed by atoms with Crippen LogP contribution >= 0.6 is 0 Å². The van der Waals surface area contributed by atoms with Gasteiger partial charge in [-0.25, -0.2) is 0 Å². The summed E-state index contributed by atoms with van der Waals surface area (Å²) in [7, 11) is 4.95. The van der Waals surface area contributed by atoms with Gasteiger partial charge in [-0.1, -0.05) is 50.2 Å². The SMILES string of the molecule is COc1ccc(CCN(C)C(=O)C(NC(=O)CC(C)C)c2ccccc2)cc1OC. The summed E-state index contributed by atoms with van der Waals surface area (Å²) in [6.07, 6.45) is 1.04.